The number of alkyl halides is 3. The van der Waals surface area contributed by atoms with Crippen molar-refractivity contribution >= 4 is 6.29 Å². The Morgan fingerprint density at radius 1 is 1.26 bits per heavy atom. The number of halogens is 3. The zero-order chi connectivity index (χ0) is 14.6. The molecule has 0 spiro atoms. The van der Waals surface area contributed by atoms with Crippen molar-refractivity contribution in [3.05, 3.63) is 34.9 Å². The maximum Gasteiger partial charge on any atom is 0.416 e. The van der Waals surface area contributed by atoms with E-state index in [4.69, 9.17) is 5.11 Å². The highest BCUT2D eigenvalue weighted by Crippen LogP contribution is 2.32. The lowest BCUT2D eigenvalue weighted by atomic mass is 9.95. The first kappa shape index (κ1) is 15.6. The molecule has 0 saturated heterocycles. The van der Waals surface area contributed by atoms with Gasteiger partial charge in [-0.15, -0.1) is 0 Å². The van der Waals surface area contributed by atoms with Crippen molar-refractivity contribution in [1.29, 1.82) is 0 Å². The average Bonchev–Trinajstić information content (AvgIpc) is 2.36. The minimum absolute atomic E-state index is 0.141. The van der Waals surface area contributed by atoms with Crippen LogP contribution in [-0.2, 0) is 6.18 Å². The van der Waals surface area contributed by atoms with Crippen LogP contribution in [0.25, 0.3) is 0 Å². The third kappa shape index (κ3) is 3.76. The van der Waals surface area contributed by atoms with Gasteiger partial charge < -0.3 is 15.3 Å². The van der Waals surface area contributed by atoms with Crippen LogP contribution >= 0.6 is 0 Å². The van der Waals surface area contributed by atoms with Crippen LogP contribution in [0, 0.1) is 0 Å². The Balaban J connectivity index is 3.19. The van der Waals surface area contributed by atoms with Gasteiger partial charge in [0.2, 0.25) is 0 Å². The van der Waals surface area contributed by atoms with Crippen molar-refractivity contribution in [3.63, 3.8) is 0 Å². The summed E-state index contributed by atoms with van der Waals surface area (Å²) in [4.78, 5) is 10.7. The van der Waals surface area contributed by atoms with E-state index in [1.165, 1.54) is 0 Å². The summed E-state index contributed by atoms with van der Waals surface area (Å²) in [6.45, 7) is -0.437. The van der Waals surface area contributed by atoms with Crippen molar-refractivity contribution < 1.29 is 33.3 Å². The molecule has 19 heavy (non-hydrogen) atoms. The van der Waals surface area contributed by atoms with Crippen LogP contribution in [0.3, 0.4) is 0 Å². The largest absolute Gasteiger partial charge is 0.416 e. The topological polar surface area (TPSA) is 77.8 Å². The molecule has 3 N–H and O–H groups in total. The molecule has 0 aliphatic heterocycles. The standard InChI is InChI=1S/C12H13F3O4/c13-12(14,15)8-2-1-7(6-17)9(5-8)11(19)10(18)3-4-16/h1-2,5-6,10-11,16,18-19H,3-4H2. The van der Waals surface area contributed by atoms with E-state index in [1.54, 1.807) is 0 Å². The Bertz CT molecular complexity index is 445. The van der Waals surface area contributed by atoms with Crippen LogP contribution in [0.4, 0.5) is 13.2 Å². The molecule has 0 radical (unpaired) electrons. The highest BCUT2D eigenvalue weighted by atomic mass is 19.4. The summed E-state index contributed by atoms with van der Waals surface area (Å²) in [6.07, 6.45) is -7.65. The molecule has 0 aliphatic rings. The van der Waals surface area contributed by atoms with Gasteiger partial charge in [-0.1, -0.05) is 6.07 Å². The van der Waals surface area contributed by atoms with Gasteiger partial charge in [-0.2, -0.15) is 13.2 Å². The van der Waals surface area contributed by atoms with Gasteiger partial charge in [0.15, 0.2) is 0 Å². The Morgan fingerprint density at radius 3 is 2.37 bits per heavy atom. The fourth-order valence-electron chi connectivity index (χ4n) is 1.61. The summed E-state index contributed by atoms with van der Waals surface area (Å²) in [6, 6.07) is 2.27. The number of carbonyl (C=O) groups is 1. The van der Waals surface area contributed by atoms with Gasteiger partial charge in [0.25, 0.3) is 0 Å². The Hall–Kier alpha value is -1.44. The van der Waals surface area contributed by atoms with Crippen molar-refractivity contribution in [2.45, 2.75) is 24.8 Å². The second-order valence-corrected chi connectivity index (χ2v) is 3.98. The number of aliphatic hydroxyl groups is 3. The third-order valence-corrected chi connectivity index (χ3v) is 2.65. The maximum atomic E-state index is 12.5. The lowest BCUT2D eigenvalue weighted by Crippen LogP contribution is -2.21. The van der Waals surface area contributed by atoms with E-state index in [-0.39, 0.29) is 17.5 Å². The SMILES string of the molecule is O=Cc1ccc(C(F)(F)F)cc1C(O)C(O)CCO. The number of aldehydes is 1. The van der Waals surface area contributed by atoms with Gasteiger partial charge in [-0.3, -0.25) is 4.79 Å². The van der Waals surface area contributed by atoms with Gasteiger partial charge in [0, 0.05) is 12.2 Å². The normalized spacial score (nSPS) is 15.1. The molecule has 7 heteroatoms. The zero-order valence-corrected chi connectivity index (χ0v) is 9.76. The average molecular weight is 278 g/mol. The quantitative estimate of drug-likeness (QED) is 0.709. The molecule has 0 fully saturated rings. The molecule has 2 atom stereocenters. The van der Waals surface area contributed by atoms with Crippen molar-refractivity contribution in [1.82, 2.24) is 0 Å². The van der Waals surface area contributed by atoms with E-state index in [2.05, 4.69) is 0 Å². The molecule has 1 aromatic carbocycles. The van der Waals surface area contributed by atoms with Crippen LogP contribution in [-0.4, -0.2) is 34.3 Å². The van der Waals surface area contributed by atoms with E-state index in [1.807, 2.05) is 0 Å². The summed E-state index contributed by atoms with van der Waals surface area (Å²) in [5, 5.41) is 27.8. The summed E-state index contributed by atoms with van der Waals surface area (Å²) >= 11 is 0. The number of aliphatic hydroxyl groups excluding tert-OH is 3. The summed E-state index contributed by atoms with van der Waals surface area (Å²) < 4.78 is 37.6. The van der Waals surface area contributed by atoms with Gasteiger partial charge in [0.1, 0.15) is 12.4 Å². The van der Waals surface area contributed by atoms with Crippen LogP contribution in [0.2, 0.25) is 0 Å². The second-order valence-electron chi connectivity index (χ2n) is 3.98. The molecule has 0 bridgehead atoms. The number of rotatable bonds is 5. The molecule has 1 aromatic rings. The van der Waals surface area contributed by atoms with E-state index in [0.717, 1.165) is 12.1 Å². The molecule has 0 aliphatic carbocycles. The van der Waals surface area contributed by atoms with Crippen LogP contribution < -0.4 is 0 Å². The molecule has 2 unspecified atom stereocenters. The molecule has 0 aromatic heterocycles. The van der Waals surface area contributed by atoms with E-state index < -0.39 is 30.6 Å². The Labute approximate surface area is 107 Å². The summed E-state index contributed by atoms with van der Waals surface area (Å²) in [5.41, 5.74) is -1.48. The second kappa shape index (κ2) is 6.14. The van der Waals surface area contributed by atoms with Crippen molar-refractivity contribution in [2.24, 2.45) is 0 Å². The van der Waals surface area contributed by atoms with Crippen molar-refractivity contribution in [3.8, 4) is 0 Å². The molecule has 0 amide bonds. The molecular weight excluding hydrogens is 265 g/mol. The van der Waals surface area contributed by atoms with Gasteiger partial charge in [-0.05, 0) is 24.1 Å². The fourth-order valence-corrected chi connectivity index (χ4v) is 1.61. The molecular formula is C12H13F3O4. The predicted octanol–water partition coefficient (Wildman–Crippen LogP) is 1.29. The van der Waals surface area contributed by atoms with E-state index >= 15 is 0 Å². The minimum atomic E-state index is -4.61. The number of carbonyl (C=O) groups excluding carboxylic acids is 1. The predicted molar refractivity (Wildman–Crippen MR) is 59.5 cm³/mol. The van der Waals surface area contributed by atoms with Gasteiger partial charge in [0.05, 0.1) is 11.7 Å². The lowest BCUT2D eigenvalue weighted by molar-refractivity contribution is -0.137. The molecule has 0 saturated carbocycles. The number of benzene rings is 1. The van der Waals surface area contributed by atoms with Gasteiger partial charge in [-0.25, -0.2) is 0 Å². The Morgan fingerprint density at radius 2 is 1.89 bits per heavy atom. The highest BCUT2D eigenvalue weighted by molar-refractivity contribution is 5.77. The number of hydrogen-bond acceptors (Lipinski definition) is 4. The summed E-state index contributed by atoms with van der Waals surface area (Å²) in [5.74, 6) is 0. The van der Waals surface area contributed by atoms with Crippen LogP contribution in [0.5, 0.6) is 0 Å². The monoisotopic (exact) mass is 278 g/mol. The Kier molecular flexibility index (Phi) is 5.04. The van der Waals surface area contributed by atoms with Crippen LogP contribution in [0.15, 0.2) is 18.2 Å². The molecule has 0 heterocycles. The summed E-state index contributed by atoms with van der Waals surface area (Å²) in [7, 11) is 0. The zero-order valence-electron chi connectivity index (χ0n) is 9.76. The minimum Gasteiger partial charge on any atom is -0.396 e. The molecule has 4 nitrogen and oxygen atoms in total. The fraction of sp³-hybridized carbons (Fsp3) is 0.417. The third-order valence-electron chi connectivity index (χ3n) is 2.65. The first-order chi connectivity index (χ1) is 8.81. The van der Waals surface area contributed by atoms with Crippen LogP contribution in [0.1, 0.15) is 34.0 Å². The van der Waals surface area contributed by atoms with E-state index in [9.17, 15) is 28.2 Å². The first-order valence-electron chi connectivity index (χ1n) is 5.44. The van der Waals surface area contributed by atoms with E-state index in [0.29, 0.717) is 12.4 Å². The number of hydrogen-bond donors (Lipinski definition) is 3. The molecule has 1 rings (SSSR count). The molecule has 106 valence electrons. The maximum absolute atomic E-state index is 12.5. The lowest BCUT2D eigenvalue weighted by Gasteiger charge is -2.20. The smallest absolute Gasteiger partial charge is 0.396 e. The van der Waals surface area contributed by atoms with Gasteiger partial charge >= 0.3 is 6.18 Å². The first-order valence-corrected chi connectivity index (χ1v) is 5.44. The van der Waals surface area contributed by atoms with Crippen molar-refractivity contribution in [2.75, 3.05) is 6.61 Å². The highest BCUT2D eigenvalue weighted by Gasteiger charge is 2.32.